The number of allylic oxidation sites excluding steroid dienone is 1. The Morgan fingerprint density at radius 1 is 1.11 bits per heavy atom. The third-order valence-electron chi connectivity index (χ3n) is 5.86. The summed E-state index contributed by atoms with van der Waals surface area (Å²) in [6.07, 6.45) is -5.02. The highest BCUT2D eigenvalue weighted by atomic mass is 32.2. The number of carbonyl (C=O) groups excluding carboxylic acids is 2. The molecule has 6 nitrogen and oxygen atoms in total. The number of nitrogens with zero attached hydrogens (tertiary/aromatic N) is 2. The van der Waals surface area contributed by atoms with Crippen LogP contribution in [-0.4, -0.2) is 28.0 Å². The number of amides is 1. The molecule has 2 aromatic rings. The summed E-state index contributed by atoms with van der Waals surface area (Å²) in [5, 5.41) is 5.01. The van der Waals surface area contributed by atoms with Crippen molar-refractivity contribution in [3.63, 3.8) is 0 Å². The molecule has 1 amide bonds. The van der Waals surface area contributed by atoms with Crippen LogP contribution in [-0.2, 0) is 27.0 Å². The zero-order valence-corrected chi connectivity index (χ0v) is 21.6. The highest BCUT2D eigenvalue weighted by Gasteiger charge is 2.41. The average Bonchev–Trinajstić information content (AvgIpc) is 3.23. The van der Waals surface area contributed by atoms with E-state index in [1.165, 1.54) is 36.0 Å². The van der Waals surface area contributed by atoms with E-state index < -0.39 is 29.9 Å². The predicted octanol–water partition coefficient (Wildman–Crippen LogP) is 6.08. The third kappa shape index (κ3) is 6.09. The molecule has 2 heterocycles. The summed E-state index contributed by atoms with van der Waals surface area (Å²) in [5.74, 6) is -1.34. The number of hydrogen-bond acceptors (Lipinski definition) is 6. The number of esters is 1. The molecule has 0 unspecified atom stereocenters. The van der Waals surface area contributed by atoms with E-state index in [2.05, 4.69) is 10.3 Å². The summed E-state index contributed by atoms with van der Waals surface area (Å²) in [6, 6.07) is 9.45. The van der Waals surface area contributed by atoms with E-state index in [-0.39, 0.29) is 30.3 Å². The Morgan fingerprint density at radius 3 is 2.37 bits per heavy atom. The van der Waals surface area contributed by atoms with Gasteiger partial charge in [-0.15, -0.1) is 0 Å². The standard InChI is InChI=1S/C27H25F4N3O3S/c1-15(2)37-25(36)23-16(3)33-26-34(24(23)18-6-8-19(9-7-18)27(29,30)31)21(14-38-26)12-22(35)32-13-17-4-10-20(28)11-5-17/h4-11,14-15,24H,12-13H2,1-3H3,(H,32,35)/t24-/m1/s1. The molecule has 2 aliphatic rings. The van der Waals surface area contributed by atoms with Crippen LogP contribution in [0, 0.1) is 5.82 Å². The number of halogens is 4. The Kier molecular flexibility index (Phi) is 7.96. The van der Waals surface area contributed by atoms with Gasteiger partial charge in [-0.2, -0.15) is 13.2 Å². The van der Waals surface area contributed by atoms with Gasteiger partial charge >= 0.3 is 12.1 Å². The van der Waals surface area contributed by atoms with Gasteiger partial charge in [0.15, 0.2) is 5.17 Å². The fourth-order valence-corrected chi connectivity index (χ4v) is 5.07. The first kappa shape index (κ1) is 27.4. The van der Waals surface area contributed by atoms with E-state index in [9.17, 15) is 27.2 Å². The maximum absolute atomic E-state index is 13.2. The van der Waals surface area contributed by atoms with Gasteiger partial charge in [-0.25, -0.2) is 14.2 Å². The van der Waals surface area contributed by atoms with Crippen LogP contribution in [0.5, 0.6) is 0 Å². The molecule has 1 N–H and O–H groups in total. The lowest BCUT2D eigenvalue weighted by Gasteiger charge is -2.36. The minimum absolute atomic E-state index is 0.0735. The van der Waals surface area contributed by atoms with Gasteiger partial charge in [0.25, 0.3) is 0 Å². The highest BCUT2D eigenvalue weighted by Crippen LogP contribution is 2.45. The third-order valence-corrected chi connectivity index (χ3v) is 6.75. The van der Waals surface area contributed by atoms with E-state index in [4.69, 9.17) is 4.74 Å². The molecule has 2 aromatic carbocycles. The molecule has 0 spiro atoms. The Morgan fingerprint density at radius 2 is 1.76 bits per heavy atom. The number of aliphatic imine (C=N–C) groups is 1. The lowest BCUT2D eigenvalue weighted by atomic mass is 9.93. The minimum Gasteiger partial charge on any atom is -0.459 e. The van der Waals surface area contributed by atoms with Gasteiger partial charge in [-0.3, -0.25) is 4.79 Å². The van der Waals surface area contributed by atoms with Gasteiger partial charge in [0, 0.05) is 12.2 Å². The summed E-state index contributed by atoms with van der Waals surface area (Å²) >= 11 is 1.26. The molecule has 0 radical (unpaired) electrons. The zero-order valence-electron chi connectivity index (χ0n) is 20.8. The zero-order chi connectivity index (χ0) is 27.6. The number of carbonyl (C=O) groups is 2. The molecule has 2 aliphatic heterocycles. The van der Waals surface area contributed by atoms with Crippen LogP contribution in [0.2, 0.25) is 0 Å². The molecule has 11 heteroatoms. The molecule has 0 saturated heterocycles. The molecule has 200 valence electrons. The molecule has 1 atom stereocenters. The average molecular weight is 548 g/mol. The molecular weight excluding hydrogens is 522 g/mol. The van der Waals surface area contributed by atoms with Crippen molar-refractivity contribution < 1.29 is 31.9 Å². The van der Waals surface area contributed by atoms with Crippen LogP contribution >= 0.6 is 11.8 Å². The second-order valence-corrected chi connectivity index (χ2v) is 9.88. The highest BCUT2D eigenvalue weighted by molar-refractivity contribution is 8.16. The van der Waals surface area contributed by atoms with Gasteiger partial charge in [-0.1, -0.05) is 36.0 Å². The second-order valence-electron chi connectivity index (χ2n) is 9.05. The normalized spacial score (nSPS) is 17.3. The van der Waals surface area contributed by atoms with Crippen LogP contribution in [0.1, 0.15) is 49.9 Å². The van der Waals surface area contributed by atoms with Crippen LogP contribution in [0.15, 0.2) is 75.9 Å². The molecule has 38 heavy (non-hydrogen) atoms. The van der Waals surface area contributed by atoms with E-state index >= 15 is 0 Å². The first-order chi connectivity index (χ1) is 17.9. The molecule has 0 saturated carbocycles. The van der Waals surface area contributed by atoms with Crippen LogP contribution < -0.4 is 5.32 Å². The fourth-order valence-electron chi connectivity index (χ4n) is 4.11. The van der Waals surface area contributed by atoms with Crippen molar-refractivity contribution in [3.8, 4) is 0 Å². The van der Waals surface area contributed by atoms with Gasteiger partial charge < -0.3 is 15.0 Å². The molecule has 0 aliphatic carbocycles. The van der Waals surface area contributed by atoms with Crippen molar-refractivity contribution in [2.24, 2.45) is 4.99 Å². The number of benzene rings is 2. The summed E-state index contributed by atoms with van der Waals surface area (Å²) in [5.41, 5.74) is 1.41. The minimum atomic E-state index is -4.51. The molecule has 4 rings (SSSR count). The predicted molar refractivity (Wildman–Crippen MR) is 136 cm³/mol. The van der Waals surface area contributed by atoms with E-state index in [0.717, 1.165) is 17.7 Å². The summed E-state index contributed by atoms with van der Waals surface area (Å²) in [6.45, 7) is 5.22. The van der Waals surface area contributed by atoms with Crippen molar-refractivity contribution in [2.45, 2.75) is 52.1 Å². The smallest absolute Gasteiger partial charge is 0.416 e. The van der Waals surface area contributed by atoms with E-state index in [1.54, 1.807) is 43.2 Å². The van der Waals surface area contributed by atoms with Crippen molar-refractivity contribution in [1.82, 2.24) is 10.2 Å². The first-order valence-electron chi connectivity index (χ1n) is 11.8. The van der Waals surface area contributed by atoms with Crippen LogP contribution in [0.4, 0.5) is 17.6 Å². The van der Waals surface area contributed by atoms with Crippen molar-refractivity contribution >= 4 is 28.8 Å². The molecule has 0 aromatic heterocycles. The monoisotopic (exact) mass is 547 g/mol. The van der Waals surface area contributed by atoms with Crippen molar-refractivity contribution in [3.05, 3.63) is 93.4 Å². The van der Waals surface area contributed by atoms with E-state index in [0.29, 0.717) is 22.1 Å². The topological polar surface area (TPSA) is 71.0 Å². The van der Waals surface area contributed by atoms with Crippen molar-refractivity contribution in [2.75, 3.05) is 0 Å². The Hall–Kier alpha value is -3.60. The second kappa shape index (κ2) is 11.0. The van der Waals surface area contributed by atoms with Gasteiger partial charge in [0.05, 0.1) is 35.4 Å². The molecular formula is C27H25F4N3O3S. The number of rotatable bonds is 7. The largest absolute Gasteiger partial charge is 0.459 e. The van der Waals surface area contributed by atoms with Crippen molar-refractivity contribution in [1.29, 1.82) is 0 Å². The number of ether oxygens (including phenoxy) is 1. The Labute approximate surface area is 221 Å². The number of thioether (sulfide) groups is 1. The summed E-state index contributed by atoms with van der Waals surface area (Å²) < 4.78 is 58.3. The quantitative estimate of drug-likeness (QED) is 0.336. The van der Waals surface area contributed by atoms with Gasteiger partial charge in [-0.05, 0) is 61.6 Å². The summed E-state index contributed by atoms with van der Waals surface area (Å²) in [7, 11) is 0. The fraction of sp³-hybridized carbons (Fsp3) is 0.296. The SMILES string of the molecule is CC1=C(C(=O)OC(C)C)[C@@H](c2ccc(C(F)(F)F)cc2)N2C(CC(=O)NCc3ccc(F)cc3)=CSC2=N1. The van der Waals surface area contributed by atoms with Gasteiger partial charge in [0.2, 0.25) is 5.91 Å². The lowest BCUT2D eigenvalue weighted by molar-refractivity contribution is -0.143. The maximum Gasteiger partial charge on any atom is 0.416 e. The molecule has 0 bridgehead atoms. The number of alkyl halides is 3. The summed E-state index contributed by atoms with van der Waals surface area (Å²) in [4.78, 5) is 32.2. The number of amidine groups is 1. The molecule has 0 fully saturated rings. The Balaban J connectivity index is 1.63. The Bertz CT molecular complexity index is 1320. The van der Waals surface area contributed by atoms with Crippen LogP contribution in [0.25, 0.3) is 0 Å². The number of hydrogen-bond donors (Lipinski definition) is 1. The number of nitrogens with one attached hydrogen (secondary N) is 1. The number of fused-ring (bicyclic) bond motifs is 1. The van der Waals surface area contributed by atoms with E-state index in [1.807, 2.05) is 0 Å². The van der Waals surface area contributed by atoms with Gasteiger partial charge in [0.1, 0.15) is 5.82 Å². The van der Waals surface area contributed by atoms with Crippen LogP contribution in [0.3, 0.4) is 0 Å². The lowest BCUT2D eigenvalue weighted by Crippen LogP contribution is -2.38. The maximum atomic E-state index is 13.2. The first-order valence-corrected chi connectivity index (χ1v) is 12.7.